The highest BCUT2D eigenvalue weighted by atomic mass is 16.6. The normalized spacial score (nSPS) is 13.8. The predicted octanol–water partition coefficient (Wildman–Crippen LogP) is 0.526. The lowest BCUT2D eigenvalue weighted by molar-refractivity contribution is -0.384. The van der Waals surface area contributed by atoms with Gasteiger partial charge in [-0.3, -0.25) is 39.0 Å². The van der Waals surface area contributed by atoms with Gasteiger partial charge in [0.1, 0.15) is 12.6 Å². The van der Waals surface area contributed by atoms with Gasteiger partial charge in [0.2, 0.25) is 29.5 Å². The molecule has 1 aliphatic rings. The highest BCUT2D eigenvalue weighted by Crippen LogP contribution is 2.15. The summed E-state index contributed by atoms with van der Waals surface area (Å²) in [6, 6.07) is 13.0. The second-order valence-corrected chi connectivity index (χ2v) is 7.75. The van der Waals surface area contributed by atoms with E-state index in [-0.39, 0.29) is 24.9 Å². The molecule has 2 aromatic rings. The highest BCUT2D eigenvalue weighted by molar-refractivity contribution is 6.05. The van der Waals surface area contributed by atoms with E-state index in [9.17, 15) is 34.1 Å². The molecule has 1 atom stereocenters. The molecule has 3 rings (SSSR count). The SMILES string of the molecule is O=C(CNC(=O)[C@H](Cc1ccccc1)NC(=O)CN1C(=O)CCC1=O)Nc1ccc([N+](=O)[O-])cc1. The summed E-state index contributed by atoms with van der Waals surface area (Å²) in [5.74, 6) is -2.79. The van der Waals surface area contributed by atoms with Crippen molar-refractivity contribution in [2.24, 2.45) is 0 Å². The van der Waals surface area contributed by atoms with Crippen LogP contribution < -0.4 is 16.0 Å². The van der Waals surface area contributed by atoms with Gasteiger partial charge >= 0.3 is 0 Å². The minimum absolute atomic E-state index is 0.0456. The standard InChI is InChI=1S/C23H23N5O7/c29-19(25-16-6-8-17(9-7-16)28(34)35)13-24-23(33)18(12-15-4-2-1-3-5-15)26-20(30)14-27-21(31)10-11-22(27)32/h1-9,18H,10-14H2,(H,24,33)(H,25,29)(H,26,30)/t18-/m0/s1. The molecule has 1 saturated heterocycles. The number of benzene rings is 2. The first-order chi connectivity index (χ1) is 16.7. The molecule has 0 saturated carbocycles. The first-order valence-corrected chi connectivity index (χ1v) is 10.7. The lowest BCUT2D eigenvalue weighted by Gasteiger charge is -2.20. The summed E-state index contributed by atoms with van der Waals surface area (Å²) in [5, 5.41) is 18.2. The molecule has 0 radical (unpaired) electrons. The van der Waals surface area contributed by atoms with E-state index >= 15 is 0 Å². The number of amides is 5. The summed E-state index contributed by atoms with van der Waals surface area (Å²) in [6.07, 6.45) is 0.206. The number of likely N-dealkylation sites (tertiary alicyclic amines) is 1. The Hall–Kier alpha value is -4.61. The minimum Gasteiger partial charge on any atom is -0.345 e. The van der Waals surface area contributed by atoms with Crippen molar-refractivity contribution in [3.63, 3.8) is 0 Å². The van der Waals surface area contributed by atoms with E-state index in [1.54, 1.807) is 30.3 Å². The third kappa shape index (κ3) is 7.19. The number of carbonyl (C=O) groups is 5. The smallest absolute Gasteiger partial charge is 0.269 e. The number of anilines is 1. The van der Waals surface area contributed by atoms with Crippen LogP contribution in [0.15, 0.2) is 54.6 Å². The number of hydrogen-bond donors (Lipinski definition) is 3. The molecule has 0 unspecified atom stereocenters. The lowest BCUT2D eigenvalue weighted by Crippen LogP contribution is -2.52. The van der Waals surface area contributed by atoms with Crippen LogP contribution in [-0.2, 0) is 30.4 Å². The van der Waals surface area contributed by atoms with E-state index in [1.807, 2.05) is 0 Å². The zero-order chi connectivity index (χ0) is 25.4. The Labute approximate surface area is 199 Å². The molecular formula is C23H23N5O7. The van der Waals surface area contributed by atoms with Crippen molar-refractivity contribution in [3.05, 3.63) is 70.3 Å². The molecule has 2 aromatic carbocycles. The second-order valence-electron chi connectivity index (χ2n) is 7.75. The Morgan fingerprint density at radius 1 is 0.943 bits per heavy atom. The number of rotatable bonds is 10. The van der Waals surface area contributed by atoms with E-state index in [2.05, 4.69) is 16.0 Å². The molecule has 12 heteroatoms. The van der Waals surface area contributed by atoms with Crippen LogP contribution >= 0.6 is 0 Å². The van der Waals surface area contributed by atoms with Gasteiger partial charge in [-0.2, -0.15) is 0 Å². The van der Waals surface area contributed by atoms with E-state index < -0.39 is 53.6 Å². The van der Waals surface area contributed by atoms with Crippen LogP contribution in [0.3, 0.4) is 0 Å². The Morgan fingerprint density at radius 2 is 1.57 bits per heavy atom. The molecule has 12 nitrogen and oxygen atoms in total. The monoisotopic (exact) mass is 481 g/mol. The van der Waals surface area contributed by atoms with Gasteiger partial charge in [0, 0.05) is 37.1 Å². The van der Waals surface area contributed by atoms with Crippen LogP contribution in [0.25, 0.3) is 0 Å². The van der Waals surface area contributed by atoms with E-state index in [4.69, 9.17) is 0 Å². The van der Waals surface area contributed by atoms with Gasteiger partial charge in [-0.05, 0) is 17.7 Å². The second kappa shape index (κ2) is 11.5. The maximum absolute atomic E-state index is 12.8. The quantitative estimate of drug-likeness (QED) is 0.253. The summed E-state index contributed by atoms with van der Waals surface area (Å²) in [7, 11) is 0. The number of hydrogen-bond acceptors (Lipinski definition) is 7. The average Bonchev–Trinajstić information content (AvgIpc) is 3.15. The van der Waals surface area contributed by atoms with Gasteiger partial charge in [0.25, 0.3) is 5.69 Å². The molecule has 182 valence electrons. The molecule has 0 spiro atoms. The van der Waals surface area contributed by atoms with Crippen molar-refractivity contribution < 1.29 is 28.9 Å². The Morgan fingerprint density at radius 3 is 2.17 bits per heavy atom. The number of nitrogens with one attached hydrogen (secondary N) is 3. The third-order valence-electron chi connectivity index (χ3n) is 5.18. The summed E-state index contributed by atoms with van der Waals surface area (Å²) in [5.41, 5.74) is 0.925. The van der Waals surface area contributed by atoms with Crippen molar-refractivity contribution in [1.29, 1.82) is 0 Å². The highest BCUT2D eigenvalue weighted by Gasteiger charge is 2.31. The minimum atomic E-state index is -1.06. The fourth-order valence-electron chi connectivity index (χ4n) is 3.40. The fraction of sp³-hybridized carbons (Fsp3) is 0.261. The Kier molecular flexibility index (Phi) is 8.22. The maximum Gasteiger partial charge on any atom is 0.269 e. The van der Waals surface area contributed by atoms with Crippen molar-refractivity contribution >= 4 is 40.9 Å². The third-order valence-corrected chi connectivity index (χ3v) is 5.18. The number of nitrogens with zero attached hydrogens (tertiary/aromatic N) is 2. The summed E-state index contributed by atoms with van der Waals surface area (Å²) >= 11 is 0. The number of nitro benzene ring substituents is 1. The molecule has 0 aliphatic carbocycles. The summed E-state index contributed by atoms with van der Waals surface area (Å²) in [6.45, 7) is -0.906. The van der Waals surface area contributed by atoms with E-state index in [0.717, 1.165) is 10.5 Å². The number of non-ortho nitro benzene ring substituents is 1. The first kappa shape index (κ1) is 25.0. The first-order valence-electron chi connectivity index (χ1n) is 10.7. The predicted molar refractivity (Wildman–Crippen MR) is 123 cm³/mol. The molecule has 0 bridgehead atoms. The zero-order valence-electron chi connectivity index (χ0n) is 18.6. The maximum atomic E-state index is 12.8. The molecule has 1 heterocycles. The Bertz CT molecular complexity index is 1120. The molecule has 1 aliphatic heterocycles. The Balaban J connectivity index is 1.59. The van der Waals surface area contributed by atoms with Crippen LogP contribution in [0.5, 0.6) is 0 Å². The van der Waals surface area contributed by atoms with E-state index in [0.29, 0.717) is 5.69 Å². The van der Waals surface area contributed by atoms with Gasteiger partial charge in [0.05, 0.1) is 11.5 Å². The fourth-order valence-corrected chi connectivity index (χ4v) is 3.40. The zero-order valence-corrected chi connectivity index (χ0v) is 18.6. The van der Waals surface area contributed by atoms with Crippen LogP contribution in [-0.4, -0.2) is 58.5 Å². The molecular weight excluding hydrogens is 458 g/mol. The number of carbonyl (C=O) groups excluding carboxylic acids is 5. The lowest BCUT2D eigenvalue weighted by atomic mass is 10.1. The van der Waals surface area contributed by atoms with Crippen LogP contribution in [0.2, 0.25) is 0 Å². The van der Waals surface area contributed by atoms with Gasteiger partial charge in [-0.1, -0.05) is 30.3 Å². The largest absolute Gasteiger partial charge is 0.345 e. The van der Waals surface area contributed by atoms with Gasteiger partial charge in [-0.15, -0.1) is 0 Å². The topological polar surface area (TPSA) is 168 Å². The van der Waals surface area contributed by atoms with Crippen molar-refractivity contribution in [1.82, 2.24) is 15.5 Å². The molecule has 35 heavy (non-hydrogen) atoms. The molecule has 3 N–H and O–H groups in total. The van der Waals surface area contributed by atoms with Crippen LogP contribution in [0.4, 0.5) is 11.4 Å². The molecule has 0 aromatic heterocycles. The van der Waals surface area contributed by atoms with Crippen LogP contribution in [0.1, 0.15) is 18.4 Å². The van der Waals surface area contributed by atoms with E-state index in [1.165, 1.54) is 24.3 Å². The van der Waals surface area contributed by atoms with Crippen molar-refractivity contribution in [2.45, 2.75) is 25.3 Å². The molecule has 5 amide bonds. The van der Waals surface area contributed by atoms with Crippen LogP contribution in [0, 0.1) is 10.1 Å². The van der Waals surface area contributed by atoms with Gasteiger partial charge in [-0.25, -0.2) is 0 Å². The number of imide groups is 1. The van der Waals surface area contributed by atoms with Crippen molar-refractivity contribution in [3.8, 4) is 0 Å². The summed E-state index contributed by atoms with van der Waals surface area (Å²) < 4.78 is 0. The average molecular weight is 481 g/mol. The van der Waals surface area contributed by atoms with Gasteiger partial charge in [0.15, 0.2) is 0 Å². The van der Waals surface area contributed by atoms with Crippen molar-refractivity contribution in [2.75, 3.05) is 18.4 Å². The number of nitro groups is 1. The molecule has 1 fully saturated rings. The summed E-state index contributed by atoms with van der Waals surface area (Å²) in [4.78, 5) is 72.1. The van der Waals surface area contributed by atoms with Gasteiger partial charge < -0.3 is 16.0 Å².